The van der Waals surface area contributed by atoms with Crippen molar-refractivity contribution in [1.82, 2.24) is 10.2 Å². The minimum atomic E-state index is -0.501. The molecular formula is C16H21N3O2. The summed E-state index contributed by atoms with van der Waals surface area (Å²) in [5, 5.41) is 3.42. The third-order valence-corrected chi connectivity index (χ3v) is 4.84. The third-order valence-electron chi connectivity index (χ3n) is 4.84. The van der Waals surface area contributed by atoms with Crippen molar-refractivity contribution in [2.24, 2.45) is 11.1 Å². The normalized spacial score (nSPS) is 20.7. The number of likely N-dealkylation sites (tertiary alicyclic amines) is 1. The van der Waals surface area contributed by atoms with Gasteiger partial charge >= 0.3 is 0 Å². The van der Waals surface area contributed by atoms with Crippen LogP contribution in [0.2, 0.25) is 0 Å². The topological polar surface area (TPSA) is 75.4 Å². The molecule has 0 aliphatic carbocycles. The van der Waals surface area contributed by atoms with Crippen molar-refractivity contribution >= 4 is 11.8 Å². The van der Waals surface area contributed by atoms with Gasteiger partial charge in [0.1, 0.15) is 0 Å². The maximum atomic E-state index is 12.5. The third kappa shape index (κ3) is 2.78. The largest absolute Gasteiger partial charge is 0.366 e. The molecule has 0 unspecified atom stereocenters. The summed E-state index contributed by atoms with van der Waals surface area (Å²) in [7, 11) is 0. The summed E-state index contributed by atoms with van der Waals surface area (Å²) in [6.07, 6.45) is 3.33. The Labute approximate surface area is 124 Å². The van der Waals surface area contributed by atoms with E-state index in [0.29, 0.717) is 16.5 Å². The quantitative estimate of drug-likeness (QED) is 0.852. The van der Waals surface area contributed by atoms with Crippen LogP contribution in [0.4, 0.5) is 0 Å². The Balaban J connectivity index is 1.69. The molecule has 2 fully saturated rings. The number of hydrogen-bond donors (Lipinski definition) is 2. The van der Waals surface area contributed by atoms with E-state index in [1.54, 1.807) is 24.3 Å². The molecule has 2 heterocycles. The highest BCUT2D eigenvalue weighted by Gasteiger charge is 2.38. The standard InChI is InChI=1S/C16H21N3O2/c17-14(20)12-2-1-3-13(10-12)15(21)19-8-5-16(6-9-19)4-7-18-11-16/h1-3,10,18H,4-9,11H2,(H2,17,20). The van der Waals surface area contributed by atoms with Gasteiger partial charge < -0.3 is 16.0 Å². The highest BCUT2D eigenvalue weighted by molar-refractivity contribution is 5.99. The van der Waals surface area contributed by atoms with Gasteiger partial charge in [-0.1, -0.05) is 6.07 Å². The Morgan fingerprint density at radius 3 is 2.48 bits per heavy atom. The van der Waals surface area contributed by atoms with E-state index < -0.39 is 5.91 Å². The molecule has 112 valence electrons. The van der Waals surface area contributed by atoms with Crippen LogP contribution in [0.15, 0.2) is 24.3 Å². The summed E-state index contributed by atoms with van der Waals surface area (Å²) in [6.45, 7) is 3.75. The van der Waals surface area contributed by atoms with Gasteiger partial charge in [0.05, 0.1) is 0 Å². The van der Waals surface area contributed by atoms with Crippen LogP contribution in [0, 0.1) is 5.41 Å². The van der Waals surface area contributed by atoms with E-state index in [4.69, 9.17) is 5.73 Å². The summed E-state index contributed by atoms with van der Waals surface area (Å²) in [4.78, 5) is 25.6. The van der Waals surface area contributed by atoms with E-state index in [2.05, 4.69) is 5.32 Å². The first kappa shape index (κ1) is 14.1. The van der Waals surface area contributed by atoms with Gasteiger partial charge in [-0.05, 0) is 49.4 Å². The smallest absolute Gasteiger partial charge is 0.253 e. The second-order valence-corrected chi connectivity index (χ2v) is 6.16. The number of nitrogens with one attached hydrogen (secondary N) is 1. The molecule has 0 aromatic heterocycles. The zero-order valence-corrected chi connectivity index (χ0v) is 12.1. The number of nitrogens with two attached hydrogens (primary N) is 1. The first-order valence-corrected chi connectivity index (χ1v) is 7.50. The number of carbonyl (C=O) groups is 2. The molecule has 2 amide bonds. The van der Waals surface area contributed by atoms with Gasteiger partial charge in [-0.25, -0.2) is 0 Å². The van der Waals surface area contributed by atoms with Gasteiger partial charge in [-0.2, -0.15) is 0 Å². The van der Waals surface area contributed by atoms with Crippen molar-refractivity contribution in [3.8, 4) is 0 Å². The van der Waals surface area contributed by atoms with Crippen LogP contribution in [-0.2, 0) is 0 Å². The molecule has 0 radical (unpaired) electrons. The van der Waals surface area contributed by atoms with Crippen LogP contribution >= 0.6 is 0 Å². The lowest BCUT2D eigenvalue weighted by Gasteiger charge is -2.38. The molecule has 5 nitrogen and oxygen atoms in total. The van der Waals surface area contributed by atoms with Crippen LogP contribution in [-0.4, -0.2) is 42.9 Å². The van der Waals surface area contributed by atoms with Gasteiger partial charge in [-0.3, -0.25) is 9.59 Å². The fourth-order valence-electron chi connectivity index (χ4n) is 3.39. The van der Waals surface area contributed by atoms with E-state index in [0.717, 1.165) is 39.0 Å². The first-order chi connectivity index (χ1) is 10.1. The Bertz CT molecular complexity index is 554. The zero-order chi connectivity index (χ0) is 14.9. The fourth-order valence-corrected chi connectivity index (χ4v) is 3.39. The number of hydrogen-bond acceptors (Lipinski definition) is 3. The second kappa shape index (κ2) is 5.48. The molecule has 1 spiro atoms. The Morgan fingerprint density at radius 1 is 1.14 bits per heavy atom. The number of amides is 2. The average molecular weight is 287 g/mol. The Morgan fingerprint density at radius 2 is 1.86 bits per heavy atom. The van der Waals surface area contributed by atoms with Crippen molar-refractivity contribution in [2.45, 2.75) is 19.3 Å². The average Bonchev–Trinajstić information content (AvgIpc) is 2.96. The van der Waals surface area contributed by atoms with Crippen molar-refractivity contribution in [3.63, 3.8) is 0 Å². The van der Waals surface area contributed by atoms with Crippen LogP contribution in [0.5, 0.6) is 0 Å². The Kier molecular flexibility index (Phi) is 3.68. The molecule has 0 atom stereocenters. The second-order valence-electron chi connectivity index (χ2n) is 6.16. The van der Waals surface area contributed by atoms with Crippen LogP contribution in [0.1, 0.15) is 40.0 Å². The van der Waals surface area contributed by atoms with Crippen LogP contribution < -0.4 is 11.1 Å². The number of primary amides is 1. The van der Waals surface area contributed by atoms with E-state index in [1.807, 2.05) is 4.90 Å². The highest BCUT2D eigenvalue weighted by Crippen LogP contribution is 2.37. The molecule has 3 N–H and O–H groups in total. The molecule has 0 saturated carbocycles. The lowest BCUT2D eigenvalue weighted by molar-refractivity contribution is 0.0607. The van der Waals surface area contributed by atoms with Crippen molar-refractivity contribution in [3.05, 3.63) is 35.4 Å². The van der Waals surface area contributed by atoms with Crippen molar-refractivity contribution in [1.29, 1.82) is 0 Å². The molecule has 3 rings (SSSR count). The molecule has 2 aliphatic heterocycles. The molecule has 0 bridgehead atoms. The predicted molar refractivity (Wildman–Crippen MR) is 80.0 cm³/mol. The highest BCUT2D eigenvalue weighted by atomic mass is 16.2. The predicted octanol–water partition coefficient (Wildman–Crippen LogP) is 1.00. The summed E-state index contributed by atoms with van der Waals surface area (Å²) >= 11 is 0. The summed E-state index contributed by atoms with van der Waals surface area (Å²) < 4.78 is 0. The molecule has 1 aromatic carbocycles. The van der Waals surface area contributed by atoms with E-state index in [1.165, 1.54) is 6.42 Å². The maximum Gasteiger partial charge on any atom is 0.253 e. The van der Waals surface area contributed by atoms with Gasteiger partial charge in [0.2, 0.25) is 5.91 Å². The van der Waals surface area contributed by atoms with Gasteiger partial charge in [-0.15, -0.1) is 0 Å². The number of carbonyl (C=O) groups excluding carboxylic acids is 2. The molecule has 21 heavy (non-hydrogen) atoms. The van der Waals surface area contributed by atoms with E-state index in [9.17, 15) is 9.59 Å². The molecule has 5 heteroatoms. The lowest BCUT2D eigenvalue weighted by atomic mass is 9.78. The van der Waals surface area contributed by atoms with Crippen molar-refractivity contribution < 1.29 is 9.59 Å². The number of nitrogens with zero attached hydrogens (tertiary/aromatic N) is 1. The van der Waals surface area contributed by atoms with Gasteiger partial charge in [0.25, 0.3) is 5.91 Å². The van der Waals surface area contributed by atoms with Gasteiger partial charge in [0.15, 0.2) is 0 Å². The van der Waals surface area contributed by atoms with E-state index >= 15 is 0 Å². The zero-order valence-electron chi connectivity index (χ0n) is 12.1. The van der Waals surface area contributed by atoms with Crippen LogP contribution in [0.25, 0.3) is 0 Å². The van der Waals surface area contributed by atoms with Crippen LogP contribution in [0.3, 0.4) is 0 Å². The molecule has 2 saturated heterocycles. The van der Waals surface area contributed by atoms with Crippen molar-refractivity contribution in [2.75, 3.05) is 26.2 Å². The SMILES string of the molecule is NC(=O)c1cccc(C(=O)N2CCC3(CCNC3)CC2)c1. The Hall–Kier alpha value is -1.88. The number of rotatable bonds is 2. The summed E-state index contributed by atoms with van der Waals surface area (Å²) in [5.74, 6) is -0.502. The number of benzene rings is 1. The van der Waals surface area contributed by atoms with Gasteiger partial charge in [0, 0.05) is 30.8 Å². The maximum absolute atomic E-state index is 12.5. The minimum Gasteiger partial charge on any atom is -0.366 e. The summed E-state index contributed by atoms with van der Waals surface area (Å²) in [5.41, 5.74) is 6.60. The molecular weight excluding hydrogens is 266 g/mol. The lowest BCUT2D eigenvalue weighted by Crippen LogP contribution is -2.44. The van der Waals surface area contributed by atoms with E-state index in [-0.39, 0.29) is 5.91 Å². The monoisotopic (exact) mass is 287 g/mol. The molecule has 2 aliphatic rings. The minimum absolute atomic E-state index is 0.00101. The number of piperidine rings is 1. The molecule has 1 aromatic rings. The fraction of sp³-hybridized carbons (Fsp3) is 0.500. The first-order valence-electron chi connectivity index (χ1n) is 7.50. The summed E-state index contributed by atoms with van der Waals surface area (Å²) in [6, 6.07) is 6.68.